The van der Waals surface area contributed by atoms with Crippen molar-refractivity contribution in [2.24, 2.45) is 7.05 Å². The summed E-state index contributed by atoms with van der Waals surface area (Å²) >= 11 is 0. The number of hydrogen-bond acceptors (Lipinski definition) is 4. The summed E-state index contributed by atoms with van der Waals surface area (Å²) in [5, 5.41) is 7.53. The monoisotopic (exact) mass is 246 g/mol. The molecule has 18 heavy (non-hydrogen) atoms. The summed E-state index contributed by atoms with van der Waals surface area (Å²) in [6.45, 7) is 5.68. The van der Waals surface area contributed by atoms with Crippen molar-refractivity contribution in [3.8, 4) is 11.6 Å². The van der Waals surface area contributed by atoms with Crippen LogP contribution < -0.4 is 10.1 Å². The Morgan fingerprint density at radius 2 is 2.28 bits per heavy atom. The first-order valence-corrected chi connectivity index (χ1v) is 6.02. The quantitative estimate of drug-likeness (QED) is 0.877. The standard InChI is InChI=1S/C13H18N4O/c1-4-14-8-11-9-15-6-5-12(11)18-13-7-10(2)16-17(13)3/h5-7,9,14H,4,8H2,1-3H3. The van der Waals surface area contributed by atoms with Crippen LogP contribution in [0.25, 0.3) is 0 Å². The van der Waals surface area contributed by atoms with Crippen molar-refractivity contribution in [3.05, 3.63) is 35.8 Å². The number of nitrogens with zero attached hydrogens (tertiary/aromatic N) is 3. The fourth-order valence-corrected chi connectivity index (χ4v) is 1.70. The van der Waals surface area contributed by atoms with Gasteiger partial charge in [-0.3, -0.25) is 4.98 Å². The van der Waals surface area contributed by atoms with Gasteiger partial charge in [0.2, 0.25) is 5.88 Å². The van der Waals surface area contributed by atoms with E-state index in [1.165, 1.54) is 0 Å². The highest BCUT2D eigenvalue weighted by Crippen LogP contribution is 2.24. The van der Waals surface area contributed by atoms with Gasteiger partial charge in [-0.2, -0.15) is 5.10 Å². The van der Waals surface area contributed by atoms with Crippen LogP contribution in [0.2, 0.25) is 0 Å². The first-order valence-electron chi connectivity index (χ1n) is 6.02. The molecule has 0 amide bonds. The smallest absolute Gasteiger partial charge is 0.217 e. The highest BCUT2D eigenvalue weighted by molar-refractivity contribution is 5.33. The van der Waals surface area contributed by atoms with E-state index in [2.05, 4.69) is 22.3 Å². The van der Waals surface area contributed by atoms with E-state index >= 15 is 0 Å². The van der Waals surface area contributed by atoms with Gasteiger partial charge in [0.25, 0.3) is 0 Å². The summed E-state index contributed by atoms with van der Waals surface area (Å²) < 4.78 is 7.61. The lowest BCUT2D eigenvalue weighted by molar-refractivity contribution is 0.423. The second-order valence-corrected chi connectivity index (χ2v) is 4.11. The molecule has 0 unspecified atom stereocenters. The molecule has 0 aromatic carbocycles. The molecule has 2 aromatic rings. The third kappa shape index (κ3) is 2.87. The molecule has 0 saturated heterocycles. The van der Waals surface area contributed by atoms with Crippen LogP contribution in [0.5, 0.6) is 11.6 Å². The Morgan fingerprint density at radius 1 is 1.44 bits per heavy atom. The van der Waals surface area contributed by atoms with Gasteiger partial charge in [-0.1, -0.05) is 6.92 Å². The second-order valence-electron chi connectivity index (χ2n) is 4.11. The number of ether oxygens (including phenoxy) is 1. The molecule has 96 valence electrons. The van der Waals surface area contributed by atoms with Crippen LogP contribution in [0.1, 0.15) is 18.2 Å². The highest BCUT2D eigenvalue weighted by Gasteiger charge is 2.08. The van der Waals surface area contributed by atoms with Crippen molar-refractivity contribution in [1.29, 1.82) is 0 Å². The third-order valence-electron chi connectivity index (χ3n) is 2.60. The van der Waals surface area contributed by atoms with Gasteiger partial charge in [0.15, 0.2) is 0 Å². The summed E-state index contributed by atoms with van der Waals surface area (Å²) in [5.41, 5.74) is 1.98. The molecule has 2 heterocycles. The van der Waals surface area contributed by atoms with Gasteiger partial charge < -0.3 is 10.1 Å². The van der Waals surface area contributed by atoms with Gasteiger partial charge in [0.1, 0.15) is 5.75 Å². The van der Waals surface area contributed by atoms with Crippen LogP contribution in [0.4, 0.5) is 0 Å². The third-order valence-corrected chi connectivity index (χ3v) is 2.60. The normalized spacial score (nSPS) is 10.6. The average molecular weight is 246 g/mol. The summed E-state index contributed by atoms with van der Waals surface area (Å²) in [6, 6.07) is 3.78. The van der Waals surface area contributed by atoms with Crippen LogP contribution in [0.15, 0.2) is 24.5 Å². The minimum Gasteiger partial charge on any atom is -0.439 e. The molecule has 0 aliphatic heterocycles. The molecule has 5 nitrogen and oxygen atoms in total. The topological polar surface area (TPSA) is 52.0 Å². The van der Waals surface area contributed by atoms with E-state index in [1.807, 2.05) is 32.3 Å². The van der Waals surface area contributed by atoms with Gasteiger partial charge in [-0.15, -0.1) is 0 Å². The first-order chi connectivity index (χ1) is 8.70. The van der Waals surface area contributed by atoms with Crippen LogP contribution in [-0.2, 0) is 13.6 Å². The Hall–Kier alpha value is -1.88. The lowest BCUT2D eigenvalue weighted by Crippen LogP contribution is -2.12. The van der Waals surface area contributed by atoms with E-state index in [0.717, 1.165) is 36.0 Å². The molecule has 0 aliphatic rings. The Balaban J connectivity index is 2.20. The number of nitrogens with one attached hydrogen (secondary N) is 1. The molecule has 0 fully saturated rings. The average Bonchev–Trinajstić information content (AvgIpc) is 2.67. The second kappa shape index (κ2) is 5.64. The highest BCUT2D eigenvalue weighted by atomic mass is 16.5. The van der Waals surface area contributed by atoms with Crippen molar-refractivity contribution in [2.75, 3.05) is 6.54 Å². The van der Waals surface area contributed by atoms with Gasteiger partial charge in [-0.25, -0.2) is 4.68 Å². The fraction of sp³-hybridized carbons (Fsp3) is 0.385. The van der Waals surface area contributed by atoms with Gasteiger partial charge >= 0.3 is 0 Å². The molecule has 0 saturated carbocycles. The van der Waals surface area contributed by atoms with Crippen LogP contribution in [-0.4, -0.2) is 21.3 Å². The summed E-state index contributed by atoms with van der Waals surface area (Å²) in [4.78, 5) is 4.13. The zero-order chi connectivity index (χ0) is 13.0. The Kier molecular flexibility index (Phi) is 3.94. The van der Waals surface area contributed by atoms with E-state index in [0.29, 0.717) is 0 Å². The van der Waals surface area contributed by atoms with Crippen molar-refractivity contribution in [1.82, 2.24) is 20.1 Å². The Morgan fingerprint density at radius 3 is 2.94 bits per heavy atom. The number of pyridine rings is 1. The zero-order valence-electron chi connectivity index (χ0n) is 11.0. The van der Waals surface area contributed by atoms with Crippen LogP contribution in [0.3, 0.4) is 0 Å². The number of aromatic nitrogens is 3. The maximum Gasteiger partial charge on any atom is 0.217 e. The SMILES string of the molecule is CCNCc1cnccc1Oc1cc(C)nn1C. The van der Waals surface area contributed by atoms with Crippen molar-refractivity contribution < 1.29 is 4.74 Å². The van der Waals surface area contributed by atoms with Crippen molar-refractivity contribution in [3.63, 3.8) is 0 Å². The van der Waals surface area contributed by atoms with Crippen LogP contribution in [0, 0.1) is 6.92 Å². The first kappa shape index (κ1) is 12.6. The van der Waals surface area contributed by atoms with E-state index < -0.39 is 0 Å². The Bertz CT molecular complexity index is 521. The molecular weight excluding hydrogens is 228 g/mol. The maximum absolute atomic E-state index is 5.88. The number of aryl methyl sites for hydroxylation is 2. The van der Waals surface area contributed by atoms with E-state index in [4.69, 9.17) is 4.74 Å². The maximum atomic E-state index is 5.88. The molecule has 0 atom stereocenters. The van der Waals surface area contributed by atoms with Gasteiger partial charge in [0.05, 0.1) is 5.69 Å². The van der Waals surface area contributed by atoms with E-state index in [-0.39, 0.29) is 0 Å². The molecule has 0 spiro atoms. The lowest BCUT2D eigenvalue weighted by atomic mass is 10.2. The number of hydrogen-bond donors (Lipinski definition) is 1. The van der Waals surface area contributed by atoms with E-state index in [1.54, 1.807) is 10.9 Å². The van der Waals surface area contributed by atoms with Crippen LogP contribution >= 0.6 is 0 Å². The molecule has 0 radical (unpaired) electrons. The van der Waals surface area contributed by atoms with Gasteiger partial charge in [-0.05, 0) is 19.5 Å². The summed E-state index contributed by atoms with van der Waals surface area (Å²) in [5.74, 6) is 1.55. The minimum absolute atomic E-state index is 0.733. The zero-order valence-corrected chi connectivity index (χ0v) is 11.0. The lowest BCUT2D eigenvalue weighted by Gasteiger charge is -2.10. The predicted octanol–water partition coefficient (Wildman–Crippen LogP) is 2.03. The largest absolute Gasteiger partial charge is 0.439 e. The Labute approximate surface area is 107 Å². The predicted molar refractivity (Wildman–Crippen MR) is 69.6 cm³/mol. The van der Waals surface area contributed by atoms with Gasteiger partial charge in [0, 0.05) is 37.6 Å². The van der Waals surface area contributed by atoms with Crippen molar-refractivity contribution >= 4 is 0 Å². The summed E-state index contributed by atoms with van der Waals surface area (Å²) in [6.07, 6.45) is 3.55. The minimum atomic E-state index is 0.733. The molecule has 2 rings (SSSR count). The molecule has 0 bridgehead atoms. The number of rotatable bonds is 5. The van der Waals surface area contributed by atoms with Crippen molar-refractivity contribution in [2.45, 2.75) is 20.4 Å². The molecule has 1 N–H and O–H groups in total. The summed E-state index contributed by atoms with van der Waals surface area (Å²) in [7, 11) is 1.87. The molecule has 2 aromatic heterocycles. The molecule has 5 heteroatoms. The van der Waals surface area contributed by atoms with E-state index in [9.17, 15) is 0 Å². The molecule has 0 aliphatic carbocycles. The molecular formula is C13H18N4O. The fourth-order valence-electron chi connectivity index (χ4n) is 1.70.